The molecule has 0 atom stereocenters. The molecule has 26 heavy (non-hydrogen) atoms. The van der Waals surface area contributed by atoms with Gasteiger partial charge in [-0.3, -0.25) is 0 Å². The second kappa shape index (κ2) is 8.64. The lowest BCUT2D eigenvalue weighted by Crippen LogP contribution is -2.25. The van der Waals surface area contributed by atoms with Crippen LogP contribution in [0.3, 0.4) is 0 Å². The summed E-state index contributed by atoms with van der Waals surface area (Å²) in [6.45, 7) is 0. The maximum absolute atomic E-state index is 14.6. The summed E-state index contributed by atoms with van der Waals surface area (Å²) in [5.74, 6) is 0. The topological polar surface area (TPSA) is 17.1 Å². The van der Waals surface area contributed by atoms with E-state index in [-0.39, 0.29) is 0 Å². The molecule has 0 aliphatic heterocycles. The summed E-state index contributed by atoms with van der Waals surface area (Å²) in [5, 5.41) is 2.23. The third-order valence-corrected chi connectivity index (χ3v) is 9.34. The van der Waals surface area contributed by atoms with Crippen LogP contribution in [0.1, 0.15) is 0 Å². The van der Waals surface area contributed by atoms with Crippen molar-refractivity contribution in [1.29, 1.82) is 0 Å². The van der Waals surface area contributed by atoms with E-state index in [1.807, 2.05) is 54.6 Å². The van der Waals surface area contributed by atoms with Gasteiger partial charge in [0.1, 0.15) is 0 Å². The van der Waals surface area contributed by atoms with Gasteiger partial charge in [0.2, 0.25) is 0 Å². The van der Waals surface area contributed by atoms with E-state index in [0.29, 0.717) is 0 Å². The number of halogens is 6. The first-order chi connectivity index (χ1) is 12.2. The molecule has 0 aliphatic carbocycles. The number of hydrogen-bond acceptors (Lipinski definition) is 1. The standard InChI is InChI=1S/C18H9Br6OP/c19-10-1-11(20)5-16(4-10)26(25,17-6-12(21)2-13(22)7-17)18-8-14(23)3-15(24)9-18/h1-9H. The van der Waals surface area contributed by atoms with Crippen molar-refractivity contribution in [1.82, 2.24) is 0 Å². The van der Waals surface area contributed by atoms with Crippen LogP contribution in [-0.4, -0.2) is 0 Å². The molecule has 0 amide bonds. The predicted molar refractivity (Wildman–Crippen MR) is 132 cm³/mol. The highest BCUT2D eigenvalue weighted by Crippen LogP contribution is 2.45. The zero-order valence-electron chi connectivity index (χ0n) is 12.8. The van der Waals surface area contributed by atoms with Crippen LogP contribution < -0.4 is 15.9 Å². The maximum Gasteiger partial charge on any atom is 0.171 e. The second-order valence-electron chi connectivity index (χ2n) is 5.49. The number of benzene rings is 3. The van der Waals surface area contributed by atoms with Crippen LogP contribution >= 0.6 is 103 Å². The third-order valence-electron chi connectivity index (χ3n) is 3.63. The maximum atomic E-state index is 14.6. The molecule has 3 aromatic rings. The molecule has 0 fully saturated rings. The van der Waals surface area contributed by atoms with Crippen LogP contribution in [0.4, 0.5) is 0 Å². The smallest absolute Gasteiger partial charge is 0.171 e. The zero-order chi connectivity index (χ0) is 19.1. The molecule has 0 aromatic heterocycles. The van der Waals surface area contributed by atoms with Gasteiger partial charge in [-0.2, -0.15) is 0 Å². The fraction of sp³-hybridized carbons (Fsp3) is 0. The van der Waals surface area contributed by atoms with E-state index >= 15 is 0 Å². The Labute approximate surface area is 202 Å². The van der Waals surface area contributed by atoms with Crippen LogP contribution in [-0.2, 0) is 4.57 Å². The van der Waals surface area contributed by atoms with Crippen molar-refractivity contribution in [3.05, 3.63) is 81.4 Å². The lowest BCUT2D eigenvalue weighted by Gasteiger charge is -2.22. The first-order valence-corrected chi connectivity index (χ1v) is 13.6. The van der Waals surface area contributed by atoms with E-state index in [1.165, 1.54) is 0 Å². The van der Waals surface area contributed by atoms with Crippen molar-refractivity contribution in [2.75, 3.05) is 0 Å². The van der Waals surface area contributed by atoms with Crippen LogP contribution in [0.5, 0.6) is 0 Å². The predicted octanol–water partition coefficient (Wildman–Crippen LogP) is 7.90. The van der Waals surface area contributed by atoms with Gasteiger partial charge in [-0.15, -0.1) is 0 Å². The lowest BCUT2D eigenvalue weighted by molar-refractivity contribution is 0.592. The highest BCUT2D eigenvalue weighted by Gasteiger charge is 2.31. The molecule has 0 spiro atoms. The van der Waals surface area contributed by atoms with Crippen molar-refractivity contribution in [2.45, 2.75) is 0 Å². The SMILES string of the molecule is O=P(c1cc(Br)cc(Br)c1)(c1cc(Br)cc(Br)c1)c1cc(Br)cc(Br)c1. The Balaban J connectivity index is 2.40. The Bertz CT molecular complexity index is 857. The molecular weight excluding hydrogens is 743 g/mol. The quantitative estimate of drug-likeness (QED) is 0.249. The minimum Gasteiger partial charge on any atom is -0.309 e. The van der Waals surface area contributed by atoms with Crippen LogP contribution in [0.2, 0.25) is 0 Å². The van der Waals surface area contributed by atoms with Gasteiger partial charge in [0.25, 0.3) is 0 Å². The molecule has 0 saturated carbocycles. The number of rotatable bonds is 3. The molecule has 3 aromatic carbocycles. The van der Waals surface area contributed by atoms with Gasteiger partial charge in [0.05, 0.1) is 0 Å². The van der Waals surface area contributed by atoms with E-state index < -0.39 is 7.14 Å². The average Bonchev–Trinajstić information content (AvgIpc) is 2.51. The van der Waals surface area contributed by atoms with Crippen molar-refractivity contribution in [3.63, 3.8) is 0 Å². The van der Waals surface area contributed by atoms with Gasteiger partial charge in [0.15, 0.2) is 7.14 Å². The summed E-state index contributed by atoms with van der Waals surface area (Å²) in [7, 11) is -3.12. The van der Waals surface area contributed by atoms with E-state index in [4.69, 9.17) is 0 Å². The summed E-state index contributed by atoms with van der Waals surface area (Å²) < 4.78 is 19.8. The van der Waals surface area contributed by atoms with Crippen LogP contribution in [0.25, 0.3) is 0 Å². The van der Waals surface area contributed by atoms with Crippen molar-refractivity contribution < 1.29 is 4.57 Å². The zero-order valence-corrected chi connectivity index (χ0v) is 23.2. The van der Waals surface area contributed by atoms with Crippen molar-refractivity contribution in [2.24, 2.45) is 0 Å². The van der Waals surface area contributed by atoms with E-state index in [1.54, 1.807) is 0 Å². The third kappa shape index (κ3) is 4.67. The largest absolute Gasteiger partial charge is 0.309 e. The normalized spacial score (nSPS) is 11.6. The average molecular weight is 752 g/mol. The van der Waals surface area contributed by atoms with E-state index in [2.05, 4.69) is 95.6 Å². The second-order valence-corrected chi connectivity index (χ2v) is 13.8. The highest BCUT2D eigenvalue weighted by atomic mass is 79.9. The van der Waals surface area contributed by atoms with Gasteiger partial charge in [-0.05, 0) is 54.6 Å². The van der Waals surface area contributed by atoms with E-state index in [9.17, 15) is 4.57 Å². The Hall–Kier alpha value is 0.770. The molecule has 3 rings (SSSR count). The first-order valence-electron chi connectivity index (χ1n) is 7.18. The van der Waals surface area contributed by atoms with Crippen molar-refractivity contribution >= 4 is 119 Å². The van der Waals surface area contributed by atoms with Gasteiger partial charge in [-0.1, -0.05) is 95.6 Å². The van der Waals surface area contributed by atoms with E-state index in [0.717, 1.165) is 42.7 Å². The Morgan fingerprint density at radius 3 is 0.808 bits per heavy atom. The van der Waals surface area contributed by atoms with Gasteiger partial charge in [-0.25, -0.2) is 0 Å². The molecular formula is C18H9Br6OP. The fourth-order valence-electron chi connectivity index (χ4n) is 2.61. The highest BCUT2D eigenvalue weighted by molar-refractivity contribution is 9.11. The molecule has 8 heteroatoms. The minimum atomic E-state index is -3.12. The molecule has 0 radical (unpaired) electrons. The lowest BCUT2D eigenvalue weighted by atomic mass is 10.3. The summed E-state index contributed by atoms with van der Waals surface area (Å²) in [5.41, 5.74) is 0. The Morgan fingerprint density at radius 1 is 0.423 bits per heavy atom. The fourth-order valence-corrected chi connectivity index (χ4v) is 10.4. The van der Waals surface area contributed by atoms with Crippen LogP contribution in [0.15, 0.2) is 81.4 Å². The molecule has 0 bridgehead atoms. The Morgan fingerprint density at radius 2 is 0.615 bits per heavy atom. The molecule has 0 N–H and O–H groups in total. The van der Waals surface area contributed by atoms with Crippen molar-refractivity contribution in [3.8, 4) is 0 Å². The monoisotopic (exact) mass is 746 g/mol. The van der Waals surface area contributed by atoms with Gasteiger partial charge >= 0.3 is 0 Å². The molecule has 0 aliphatic rings. The molecule has 0 unspecified atom stereocenters. The minimum absolute atomic E-state index is 0.744. The summed E-state index contributed by atoms with van der Waals surface area (Å²) in [6, 6.07) is 17.3. The summed E-state index contributed by atoms with van der Waals surface area (Å²) in [6.07, 6.45) is 0. The Kier molecular flexibility index (Phi) is 7.14. The molecule has 0 heterocycles. The van der Waals surface area contributed by atoms with Crippen LogP contribution in [0, 0.1) is 0 Å². The molecule has 0 saturated heterocycles. The number of hydrogen-bond donors (Lipinski definition) is 0. The summed E-state index contributed by atoms with van der Waals surface area (Å²) in [4.78, 5) is 0. The summed E-state index contributed by atoms with van der Waals surface area (Å²) >= 11 is 21.1. The first kappa shape index (κ1) is 21.5. The van der Waals surface area contributed by atoms with Gasteiger partial charge in [0, 0.05) is 42.7 Å². The molecule has 134 valence electrons. The molecule has 1 nitrogen and oxygen atoms in total. The van der Waals surface area contributed by atoms with Gasteiger partial charge < -0.3 is 4.57 Å².